The lowest BCUT2D eigenvalue weighted by atomic mass is 10.1. The third kappa shape index (κ3) is 1.53. The second kappa shape index (κ2) is 3.02. The number of pyridine rings is 1. The van der Waals surface area contributed by atoms with Crippen LogP contribution in [0, 0.1) is 13.8 Å². The largest absolute Gasteiger partial charge is 0.496 e. The molecule has 0 N–H and O–H groups in total. The van der Waals surface area contributed by atoms with E-state index in [-0.39, 0.29) is 0 Å². The maximum atomic E-state index is 5.30. The summed E-state index contributed by atoms with van der Waals surface area (Å²) in [4.78, 5) is 4.56. The van der Waals surface area contributed by atoms with Crippen LogP contribution in [0.5, 0.6) is 5.75 Å². The van der Waals surface area contributed by atoms with Crippen LogP contribution in [0.25, 0.3) is 0 Å². The summed E-state index contributed by atoms with van der Waals surface area (Å²) in [7, 11) is 1.72. The maximum absolute atomic E-state index is 5.30. The molecule has 2 nitrogen and oxygen atoms in total. The maximum Gasteiger partial charge on any atom is 0.125 e. The highest BCUT2D eigenvalue weighted by Crippen LogP contribution is 2.42. The summed E-state index contributed by atoms with van der Waals surface area (Å²) in [6.45, 7) is 4.12. The highest BCUT2D eigenvalue weighted by Gasteiger charge is 2.27. The van der Waals surface area contributed by atoms with Gasteiger partial charge >= 0.3 is 0 Å². The Hall–Kier alpha value is -1.05. The lowest BCUT2D eigenvalue weighted by molar-refractivity contribution is 0.409. The molecule has 0 unspecified atom stereocenters. The lowest BCUT2D eigenvalue weighted by Crippen LogP contribution is -1.98. The number of methoxy groups -OCH3 is 1. The molecule has 70 valence electrons. The van der Waals surface area contributed by atoms with Gasteiger partial charge in [0, 0.05) is 23.2 Å². The average molecular weight is 177 g/mol. The minimum Gasteiger partial charge on any atom is -0.496 e. The molecule has 1 saturated carbocycles. The molecule has 0 saturated heterocycles. The van der Waals surface area contributed by atoms with Crippen molar-refractivity contribution in [1.29, 1.82) is 0 Å². The highest BCUT2D eigenvalue weighted by molar-refractivity contribution is 5.39. The third-order valence-electron chi connectivity index (χ3n) is 2.57. The fourth-order valence-electron chi connectivity index (χ4n) is 1.70. The number of aromatic nitrogens is 1. The predicted molar refractivity (Wildman–Crippen MR) is 52.2 cm³/mol. The average Bonchev–Trinajstić information content (AvgIpc) is 2.91. The number of nitrogens with zero attached hydrogens (tertiary/aromatic N) is 1. The molecule has 1 aliphatic rings. The summed E-state index contributed by atoms with van der Waals surface area (Å²) in [6.07, 6.45) is 2.58. The molecule has 1 aromatic rings. The van der Waals surface area contributed by atoms with E-state index in [9.17, 15) is 0 Å². The quantitative estimate of drug-likeness (QED) is 0.692. The van der Waals surface area contributed by atoms with Gasteiger partial charge in [0.25, 0.3) is 0 Å². The van der Waals surface area contributed by atoms with Crippen LogP contribution in [0.15, 0.2) is 6.07 Å². The lowest BCUT2D eigenvalue weighted by Gasteiger charge is -2.09. The molecule has 2 heteroatoms. The molecule has 0 aliphatic heterocycles. The second-order valence-corrected chi connectivity index (χ2v) is 3.75. The van der Waals surface area contributed by atoms with Crippen molar-refractivity contribution < 1.29 is 4.74 Å². The Morgan fingerprint density at radius 1 is 1.38 bits per heavy atom. The van der Waals surface area contributed by atoms with Gasteiger partial charge in [-0.2, -0.15) is 0 Å². The van der Waals surface area contributed by atoms with Crippen LogP contribution in [0.2, 0.25) is 0 Å². The Morgan fingerprint density at radius 3 is 2.62 bits per heavy atom. The van der Waals surface area contributed by atoms with Crippen molar-refractivity contribution in [2.45, 2.75) is 32.6 Å². The van der Waals surface area contributed by atoms with Crippen LogP contribution in [-0.2, 0) is 0 Å². The molecule has 0 radical (unpaired) electrons. The summed E-state index contributed by atoms with van der Waals surface area (Å²) in [6, 6.07) is 2.00. The van der Waals surface area contributed by atoms with Crippen molar-refractivity contribution in [2.75, 3.05) is 7.11 Å². The second-order valence-electron chi connectivity index (χ2n) is 3.75. The van der Waals surface area contributed by atoms with Crippen molar-refractivity contribution >= 4 is 0 Å². The zero-order valence-electron chi connectivity index (χ0n) is 8.42. The summed E-state index contributed by atoms with van der Waals surface area (Å²) in [5.41, 5.74) is 3.52. The van der Waals surface area contributed by atoms with Gasteiger partial charge in [-0.15, -0.1) is 0 Å². The number of hydrogen-bond donors (Lipinski definition) is 0. The first kappa shape index (κ1) is 8.54. The van der Waals surface area contributed by atoms with E-state index in [0.29, 0.717) is 5.92 Å². The molecule has 0 bridgehead atoms. The molecule has 1 aliphatic carbocycles. The highest BCUT2D eigenvalue weighted by atomic mass is 16.5. The minimum absolute atomic E-state index is 0.703. The van der Waals surface area contributed by atoms with Gasteiger partial charge in [0.2, 0.25) is 0 Å². The Labute approximate surface area is 78.9 Å². The van der Waals surface area contributed by atoms with Crippen LogP contribution >= 0.6 is 0 Å². The van der Waals surface area contributed by atoms with E-state index >= 15 is 0 Å². The summed E-state index contributed by atoms with van der Waals surface area (Å²) >= 11 is 0. The summed E-state index contributed by atoms with van der Waals surface area (Å²) < 4.78 is 5.30. The van der Waals surface area contributed by atoms with Gasteiger partial charge < -0.3 is 4.74 Å². The number of rotatable bonds is 2. The van der Waals surface area contributed by atoms with Crippen molar-refractivity contribution in [3.8, 4) is 5.75 Å². The van der Waals surface area contributed by atoms with Crippen LogP contribution in [-0.4, -0.2) is 12.1 Å². The first-order chi connectivity index (χ1) is 6.22. The zero-order chi connectivity index (χ0) is 9.42. The topological polar surface area (TPSA) is 22.1 Å². The zero-order valence-corrected chi connectivity index (χ0v) is 8.42. The monoisotopic (exact) mass is 177 g/mol. The molecule has 0 amide bonds. The van der Waals surface area contributed by atoms with E-state index in [1.54, 1.807) is 7.11 Å². The van der Waals surface area contributed by atoms with Gasteiger partial charge in [-0.1, -0.05) is 0 Å². The van der Waals surface area contributed by atoms with Gasteiger partial charge in [-0.05, 0) is 26.7 Å². The van der Waals surface area contributed by atoms with E-state index in [1.165, 1.54) is 24.1 Å². The van der Waals surface area contributed by atoms with Crippen molar-refractivity contribution in [2.24, 2.45) is 0 Å². The number of ether oxygens (including phenoxy) is 1. The van der Waals surface area contributed by atoms with Gasteiger partial charge in [0.15, 0.2) is 0 Å². The predicted octanol–water partition coefficient (Wildman–Crippen LogP) is 2.58. The molecule has 2 rings (SSSR count). The first-order valence-corrected chi connectivity index (χ1v) is 4.74. The fraction of sp³-hybridized carbons (Fsp3) is 0.545. The smallest absolute Gasteiger partial charge is 0.125 e. The van der Waals surface area contributed by atoms with E-state index in [1.807, 2.05) is 13.0 Å². The van der Waals surface area contributed by atoms with Crippen LogP contribution in [0.1, 0.15) is 35.7 Å². The van der Waals surface area contributed by atoms with Crippen molar-refractivity contribution in [1.82, 2.24) is 4.98 Å². The Morgan fingerprint density at radius 2 is 2.08 bits per heavy atom. The Balaban J connectivity index is 2.47. The molecule has 1 fully saturated rings. The normalized spacial score (nSPS) is 15.9. The summed E-state index contributed by atoms with van der Waals surface area (Å²) in [5.74, 6) is 1.68. The molecule has 13 heavy (non-hydrogen) atoms. The SMILES string of the molecule is COc1cc(C)nc(C2CC2)c1C. The Bertz CT molecular complexity index is 329. The Kier molecular flexibility index (Phi) is 1.98. The number of hydrogen-bond acceptors (Lipinski definition) is 2. The molecular weight excluding hydrogens is 162 g/mol. The van der Waals surface area contributed by atoms with Gasteiger partial charge in [0.05, 0.1) is 12.8 Å². The molecule has 1 aromatic heterocycles. The molecule has 0 atom stereocenters. The van der Waals surface area contributed by atoms with Crippen LogP contribution in [0.4, 0.5) is 0 Å². The van der Waals surface area contributed by atoms with E-state index < -0.39 is 0 Å². The molecule has 0 spiro atoms. The standard InChI is InChI=1S/C11H15NO/c1-7-6-10(13-3)8(2)11(12-7)9-4-5-9/h6,9H,4-5H2,1-3H3. The molecule has 0 aromatic carbocycles. The van der Waals surface area contributed by atoms with Gasteiger partial charge in [-0.3, -0.25) is 4.98 Å². The summed E-state index contributed by atoms with van der Waals surface area (Å²) in [5, 5.41) is 0. The van der Waals surface area contributed by atoms with E-state index in [2.05, 4.69) is 11.9 Å². The first-order valence-electron chi connectivity index (χ1n) is 4.74. The van der Waals surface area contributed by atoms with Gasteiger partial charge in [-0.25, -0.2) is 0 Å². The van der Waals surface area contributed by atoms with Crippen LogP contribution in [0.3, 0.4) is 0 Å². The van der Waals surface area contributed by atoms with Crippen molar-refractivity contribution in [3.05, 3.63) is 23.0 Å². The van der Waals surface area contributed by atoms with E-state index in [4.69, 9.17) is 4.74 Å². The molecular formula is C11H15NO. The number of aryl methyl sites for hydroxylation is 1. The van der Waals surface area contributed by atoms with Gasteiger partial charge in [0.1, 0.15) is 5.75 Å². The fourth-order valence-corrected chi connectivity index (χ4v) is 1.70. The molecule has 1 heterocycles. The van der Waals surface area contributed by atoms with Crippen LogP contribution < -0.4 is 4.74 Å². The van der Waals surface area contributed by atoms with Crippen molar-refractivity contribution in [3.63, 3.8) is 0 Å². The third-order valence-corrected chi connectivity index (χ3v) is 2.57. The van der Waals surface area contributed by atoms with E-state index in [0.717, 1.165) is 11.4 Å². The minimum atomic E-state index is 0.703.